The Labute approximate surface area is 124 Å². The molecule has 0 aromatic heterocycles. The number of para-hydroxylation sites is 1. The zero-order valence-corrected chi connectivity index (χ0v) is 12.3. The quantitative estimate of drug-likeness (QED) is 0.897. The topological polar surface area (TPSA) is 35.2 Å². The van der Waals surface area contributed by atoms with Gasteiger partial charge in [0.2, 0.25) is 0 Å². The highest BCUT2D eigenvalue weighted by Crippen LogP contribution is 2.30. The van der Waals surface area contributed by atoms with Crippen molar-refractivity contribution in [2.75, 3.05) is 6.54 Å². The standard InChI is InChI=1S/C15H14BrF2NO/c16-12-3-1-2-11(6-7-19)15(12)20-9-10-4-5-13(17)14(18)8-10/h1-5,8H,6-7,9,19H2. The predicted octanol–water partition coefficient (Wildman–Crippen LogP) is 3.81. The van der Waals surface area contributed by atoms with Crippen LogP contribution < -0.4 is 10.5 Å². The van der Waals surface area contributed by atoms with E-state index in [4.69, 9.17) is 10.5 Å². The summed E-state index contributed by atoms with van der Waals surface area (Å²) in [4.78, 5) is 0. The highest BCUT2D eigenvalue weighted by Gasteiger charge is 2.09. The van der Waals surface area contributed by atoms with Crippen LogP contribution in [0.25, 0.3) is 0 Å². The van der Waals surface area contributed by atoms with E-state index in [1.165, 1.54) is 6.07 Å². The second-order valence-electron chi connectivity index (χ2n) is 4.30. The fourth-order valence-corrected chi connectivity index (χ4v) is 2.37. The van der Waals surface area contributed by atoms with Crippen molar-refractivity contribution >= 4 is 15.9 Å². The van der Waals surface area contributed by atoms with Crippen LogP contribution in [0.5, 0.6) is 5.75 Å². The molecular weight excluding hydrogens is 328 g/mol. The van der Waals surface area contributed by atoms with E-state index in [1.54, 1.807) is 0 Å². The Morgan fingerprint density at radius 3 is 2.60 bits per heavy atom. The van der Waals surface area contributed by atoms with Gasteiger partial charge in [0.15, 0.2) is 11.6 Å². The molecule has 20 heavy (non-hydrogen) atoms. The third-order valence-corrected chi connectivity index (χ3v) is 3.45. The van der Waals surface area contributed by atoms with Crippen molar-refractivity contribution in [2.24, 2.45) is 5.73 Å². The summed E-state index contributed by atoms with van der Waals surface area (Å²) in [6.45, 7) is 0.676. The van der Waals surface area contributed by atoms with Crippen LogP contribution in [-0.4, -0.2) is 6.54 Å². The lowest BCUT2D eigenvalue weighted by Crippen LogP contribution is -2.06. The molecule has 2 N–H and O–H groups in total. The first-order chi connectivity index (χ1) is 9.61. The van der Waals surface area contributed by atoms with E-state index in [2.05, 4.69) is 15.9 Å². The molecule has 0 aliphatic carbocycles. The number of rotatable bonds is 5. The van der Waals surface area contributed by atoms with Crippen molar-refractivity contribution in [2.45, 2.75) is 13.0 Å². The molecule has 0 spiro atoms. The molecule has 0 amide bonds. The molecule has 2 nitrogen and oxygen atoms in total. The van der Waals surface area contributed by atoms with Crippen molar-refractivity contribution < 1.29 is 13.5 Å². The molecule has 0 fully saturated rings. The summed E-state index contributed by atoms with van der Waals surface area (Å²) < 4.78 is 32.5. The van der Waals surface area contributed by atoms with E-state index in [9.17, 15) is 8.78 Å². The third-order valence-electron chi connectivity index (χ3n) is 2.83. The Morgan fingerprint density at radius 2 is 1.90 bits per heavy atom. The van der Waals surface area contributed by atoms with Crippen LogP contribution >= 0.6 is 15.9 Å². The minimum absolute atomic E-state index is 0.164. The second kappa shape index (κ2) is 6.81. The van der Waals surface area contributed by atoms with Gasteiger partial charge >= 0.3 is 0 Å². The maximum atomic E-state index is 13.1. The molecule has 0 aliphatic heterocycles. The maximum absolute atomic E-state index is 13.1. The van der Waals surface area contributed by atoms with E-state index < -0.39 is 11.6 Å². The first-order valence-corrected chi connectivity index (χ1v) is 6.95. The minimum atomic E-state index is -0.875. The average Bonchev–Trinajstić information content (AvgIpc) is 2.42. The second-order valence-corrected chi connectivity index (χ2v) is 5.16. The van der Waals surface area contributed by atoms with E-state index in [0.29, 0.717) is 24.3 Å². The van der Waals surface area contributed by atoms with Gasteiger partial charge in [-0.25, -0.2) is 8.78 Å². The highest BCUT2D eigenvalue weighted by molar-refractivity contribution is 9.10. The normalized spacial score (nSPS) is 10.6. The van der Waals surface area contributed by atoms with Crippen LogP contribution in [0, 0.1) is 11.6 Å². The zero-order chi connectivity index (χ0) is 14.5. The Morgan fingerprint density at radius 1 is 1.10 bits per heavy atom. The number of hydrogen-bond donors (Lipinski definition) is 1. The van der Waals surface area contributed by atoms with E-state index in [0.717, 1.165) is 22.2 Å². The van der Waals surface area contributed by atoms with Crippen LogP contribution in [0.2, 0.25) is 0 Å². The summed E-state index contributed by atoms with van der Waals surface area (Å²) in [6.07, 6.45) is 0.687. The van der Waals surface area contributed by atoms with Gasteiger partial charge in [0, 0.05) is 0 Å². The summed E-state index contributed by atoms with van der Waals surface area (Å²) in [6, 6.07) is 9.42. The van der Waals surface area contributed by atoms with Gasteiger partial charge in [0.1, 0.15) is 12.4 Å². The molecule has 2 rings (SSSR count). The van der Waals surface area contributed by atoms with Crippen LogP contribution in [0.1, 0.15) is 11.1 Å². The summed E-state index contributed by atoms with van der Waals surface area (Å²) in [5.41, 5.74) is 7.11. The van der Waals surface area contributed by atoms with E-state index in [1.807, 2.05) is 18.2 Å². The van der Waals surface area contributed by atoms with Gasteiger partial charge in [-0.2, -0.15) is 0 Å². The fraction of sp³-hybridized carbons (Fsp3) is 0.200. The molecule has 0 unspecified atom stereocenters. The van der Waals surface area contributed by atoms with Gasteiger partial charge in [-0.1, -0.05) is 18.2 Å². The van der Waals surface area contributed by atoms with Gasteiger partial charge < -0.3 is 10.5 Å². The lowest BCUT2D eigenvalue weighted by atomic mass is 10.1. The molecule has 2 aromatic carbocycles. The van der Waals surface area contributed by atoms with Crippen molar-refractivity contribution in [3.8, 4) is 5.75 Å². The Kier molecular flexibility index (Phi) is 5.09. The van der Waals surface area contributed by atoms with Crippen LogP contribution in [-0.2, 0) is 13.0 Å². The molecule has 0 aliphatic rings. The lowest BCUT2D eigenvalue weighted by Gasteiger charge is -2.13. The molecule has 0 bridgehead atoms. The molecule has 5 heteroatoms. The Balaban J connectivity index is 2.15. The van der Waals surface area contributed by atoms with Crippen molar-refractivity contribution in [1.29, 1.82) is 0 Å². The molecular formula is C15H14BrF2NO. The summed E-state index contributed by atoms with van der Waals surface area (Å²) in [5, 5.41) is 0. The van der Waals surface area contributed by atoms with Crippen LogP contribution in [0.3, 0.4) is 0 Å². The van der Waals surface area contributed by atoms with Crippen molar-refractivity contribution in [3.05, 3.63) is 63.6 Å². The first-order valence-electron chi connectivity index (χ1n) is 6.16. The number of ether oxygens (including phenoxy) is 1. The fourth-order valence-electron chi connectivity index (χ4n) is 1.85. The SMILES string of the molecule is NCCc1cccc(Br)c1OCc1ccc(F)c(F)c1. The lowest BCUT2D eigenvalue weighted by molar-refractivity contribution is 0.300. The maximum Gasteiger partial charge on any atom is 0.159 e. The number of halogens is 3. The monoisotopic (exact) mass is 341 g/mol. The Hall–Kier alpha value is -1.46. The molecule has 106 valence electrons. The molecule has 2 aromatic rings. The molecule has 0 saturated heterocycles. The number of hydrogen-bond acceptors (Lipinski definition) is 2. The largest absolute Gasteiger partial charge is 0.487 e. The summed E-state index contributed by atoms with van der Waals surface area (Å²) in [7, 11) is 0. The predicted molar refractivity (Wildman–Crippen MR) is 77.6 cm³/mol. The van der Waals surface area contributed by atoms with Gasteiger partial charge in [0.05, 0.1) is 4.47 Å². The molecule has 0 radical (unpaired) electrons. The highest BCUT2D eigenvalue weighted by atomic mass is 79.9. The smallest absolute Gasteiger partial charge is 0.159 e. The van der Waals surface area contributed by atoms with E-state index >= 15 is 0 Å². The molecule has 0 atom stereocenters. The van der Waals surface area contributed by atoms with Gasteiger partial charge in [0.25, 0.3) is 0 Å². The van der Waals surface area contributed by atoms with Gasteiger partial charge in [-0.3, -0.25) is 0 Å². The molecule has 0 saturated carbocycles. The average molecular weight is 342 g/mol. The van der Waals surface area contributed by atoms with Crippen molar-refractivity contribution in [1.82, 2.24) is 0 Å². The van der Waals surface area contributed by atoms with Crippen LogP contribution in [0.15, 0.2) is 40.9 Å². The zero-order valence-electron chi connectivity index (χ0n) is 10.7. The first kappa shape index (κ1) is 14.9. The number of nitrogens with two attached hydrogens (primary N) is 1. The summed E-state index contributed by atoms with van der Waals surface area (Å²) >= 11 is 3.42. The molecule has 0 heterocycles. The van der Waals surface area contributed by atoms with Crippen molar-refractivity contribution in [3.63, 3.8) is 0 Å². The minimum Gasteiger partial charge on any atom is -0.487 e. The van der Waals surface area contributed by atoms with Gasteiger partial charge in [-0.15, -0.1) is 0 Å². The van der Waals surface area contributed by atoms with Crippen LogP contribution in [0.4, 0.5) is 8.78 Å². The Bertz CT molecular complexity index is 604. The number of benzene rings is 2. The van der Waals surface area contributed by atoms with E-state index in [-0.39, 0.29) is 6.61 Å². The van der Waals surface area contributed by atoms with Gasteiger partial charge in [-0.05, 0) is 58.2 Å². The summed E-state index contributed by atoms with van der Waals surface area (Å²) in [5.74, 6) is -1.05. The third kappa shape index (κ3) is 3.55.